The van der Waals surface area contributed by atoms with Crippen LogP contribution in [0.5, 0.6) is 0 Å². The van der Waals surface area contributed by atoms with E-state index in [1.807, 2.05) is 20.8 Å². The Morgan fingerprint density at radius 3 is 2.50 bits per heavy atom. The number of hydrazine groups is 1. The molecule has 2 saturated heterocycles. The fourth-order valence-electron chi connectivity index (χ4n) is 5.76. The van der Waals surface area contributed by atoms with Crippen LogP contribution in [-0.2, 0) is 9.47 Å². The van der Waals surface area contributed by atoms with Gasteiger partial charge in [0, 0.05) is 37.8 Å². The molecule has 0 atom stereocenters. The average molecular weight is 622 g/mol. The summed E-state index contributed by atoms with van der Waals surface area (Å²) in [6.07, 6.45) is 0.905. The van der Waals surface area contributed by atoms with E-state index in [0.29, 0.717) is 95.8 Å². The number of aromatic nitrogens is 2. The summed E-state index contributed by atoms with van der Waals surface area (Å²) in [6.45, 7) is 8.30. The first-order valence-corrected chi connectivity index (χ1v) is 15.4. The highest BCUT2D eigenvalue weighted by Gasteiger charge is 2.38. The van der Waals surface area contributed by atoms with Crippen molar-refractivity contribution in [3.63, 3.8) is 0 Å². The number of carbonyl (C=O) groups is 4. The molecule has 232 valence electrons. The average Bonchev–Trinajstić information content (AvgIpc) is 3.70. The van der Waals surface area contributed by atoms with Crippen LogP contribution < -0.4 is 16.1 Å². The largest absolute Gasteiger partial charge is 0.444 e. The van der Waals surface area contributed by atoms with E-state index in [9.17, 15) is 19.2 Å². The molecule has 0 spiro atoms. The number of hydrogen-bond acceptors (Lipinski definition) is 9. The van der Waals surface area contributed by atoms with Gasteiger partial charge in [-0.3, -0.25) is 14.7 Å². The summed E-state index contributed by atoms with van der Waals surface area (Å²) < 4.78 is 10.9. The quantitative estimate of drug-likeness (QED) is 0.304. The molecule has 2 fully saturated rings. The number of carbonyl (C=O) groups excluding carboxylic acids is 4. The van der Waals surface area contributed by atoms with Crippen molar-refractivity contribution in [1.29, 1.82) is 0 Å². The molecule has 4 amide bonds. The number of nitrogens with one attached hydrogen (secondary N) is 2. The van der Waals surface area contributed by atoms with E-state index >= 15 is 0 Å². The Labute approximate surface area is 258 Å². The number of urea groups is 1. The number of primary amides is 1. The molecule has 4 heterocycles. The lowest BCUT2D eigenvalue weighted by Crippen LogP contribution is -2.54. The van der Waals surface area contributed by atoms with Crippen LogP contribution in [0.2, 0.25) is 0 Å². The van der Waals surface area contributed by atoms with E-state index in [0.717, 1.165) is 0 Å². The van der Waals surface area contributed by atoms with Crippen LogP contribution in [0.1, 0.15) is 59.2 Å². The van der Waals surface area contributed by atoms with Gasteiger partial charge in [-0.1, -0.05) is 12.1 Å². The minimum Gasteiger partial charge on any atom is -0.444 e. The number of ketones is 1. The second-order valence-electron chi connectivity index (χ2n) is 11.9. The third-order valence-corrected chi connectivity index (χ3v) is 8.88. The van der Waals surface area contributed by atoms with Gasteiger partial charge in [0.25, 0.3) is 5.91 Å². The topological polar surface area (TPSA) is 163 Å². The van der Waals surface area contributed by atoms with Crippen molar-refractivity contribution in [2.45, 2.75) is 45.3 Å². The highest BCUT2D eigenvalue weighted by Crippen LogP contribution is 2.45. The molecular weight excluding hydrogens is 586 g/mol. The van der Waals surface area contributed by atoms with E-state index in [-0.39, 0.29) is 23.8 Å². The molecule has 14 heteroatoms. The summed E-state index contributed by atoms with van der Waals surface area (Å²) >= 11 is 1.26. The maximum Gasteiger partial charge on any atom is 0.410 e. The fraction of sp³-hybridized carbons (Fsp3) is 0.433. The summed E-state index contributed by atoms with van der Waals surface area (Å²) in [7, 11) is 0. The van der Waals surface area contributed by atoms with E-state index in [1.54, 1.807) is 40.2 Å². The number of likely N-dealkylation sites (tertiary alicyclic amines) is 1. The molecule has 6 rings (SSSR count). The summed E-state index contributed by atoms with van der Waals surface area (Å²) in [4.78, 5) is 54.9. The predicted molar refractivity (Wildman–Crippen MR) is 164 cm³/mol. The number of morpholine rings is 1. The predicted octanol–water partition coefficient (Wildman–Crippen LogP) is 3.61. The first-order valence-electron chi connectivity index (χ1n) is 14.6. The van der Waals surface area contributed by atoms with Gasteiger partial charge < -0.3 is 25.4 Å². The van der Waals surface area contributed by atoms with Gasteiger partial charge in [-0.05, 0) is 51.8 Å². The second kappa shape index (κ2) is 11.7. The zero-order chi connectivity index (χ0) is 31.2. The molecule has 3 aromatic rings. The number of piperidine rings is 1. The molecule has 0 radical (unpaired) electrons. The normalized spacial score (nSPS) is 17.2. The van der Waals surface area contributed by atoms with E-state index in [4.69, 9.17) is 15.2 Å². The summed E-state index contributed by atoms with van der Waals surface area (Å²) in [6, 6.07) is 8.03. The molecule has 3 aliphatic rings. The number of rotatable bonds is 5. The van der Waals surface area contributed by atoms with E-state index in [2.05, 4.69) is 15.5 Å². The number of nitrogens with two attached hydrogens (primary N) is 1. The van der Waals surface area contributed by atoms with Gasteiger partial charge in [0.1, 0.15) is 11.3 Å². The lowest BCUT2D eigenvalue weighted by atomic mass is 10.1. The molecule has 4 N–H and O–H groups in total. The van der Waals surface area contributed by atoms with Gasteiger partial charge in [0.15, 0.2) is 5.78 Å². The summed E-state index contributed by atoms with van der Waals surface area (Å²) in [5.74, 6) is -0.488. The first-order chi connectivity index (χ1) is 21.0. The number of ether oxygens (including phenoxy) is 2. The Kier molecular flexibility index (Phi) is 7.90. The second-order valence-corrected chi connectivity index (χ2v) is 13.0. The third-order valence-electron chi connectivity index (χ3n) is 7.78. The monoisotopic (exact) mass is 621 g/mol. The van der Waals surface area contributed by atoms with E-state index < -0.39 is 11.6 Å². The van der Waals surface area contributed by atoms with Gasteiger partial charge in [0.05, 0.1) is 45.5 Å². The summed E-state index contributed by atoms with van der Waals surface area (Å²) in [5.41, 5.74) is 7.99. The highest BCUT2D eigenvalue weighted by molar-refractivity contribution is 7.17. The minimum atomic E-state index is -0.691. The fourth-order valence-corrected chi connectivity index (χ4v) is 6.67. The Bertz CT molecular complexity index is 1610. The van der Waals surface area contributed by atoms with Crippen LogP contribution >= 0.6 is 11.3 Å². The Balaban J connectivity index is 1.17. The zero-order valence-corrected chi connectivity index (χ0v) is 25.7. The highest BCUT2D eigenvalue weighted by atomic mass is 32.1. The zero-order valence-electron chi connectivity index (χ0n) is 24.8. The van der Waals surface area contributed by atoms with Crippen LogP contribution in [0.3, 0.4) is 0 Å². The van der Waals surface area contributed by atoms with Crippen molar-refractivity contribution in [2.75, 3.05) is 44.4 Å². The number of anilines is 1. The van der Waals surface area contributed by atoms with Crippen LogP contribution in [-0.4, -0.2) is 95.0 Å². The molecule has 44 heavy (non-hydrogen) atoms. The lowest BCUT2D eigenvalue weighted by Gasteiger charge is -2.36. The Morgan fingerprint density at radius 1 is 1.09 bits per heavy atom. The molecular formula is C30H35N7O6S. The Hall–Kier alpha value is -4.27. The van der Waals surface area contributed by atoms with Gasteiger partial charge in [-0.15, -0.1) is 11.3 Å². The minimum absolute atomic E-state index is 0.0719. The summed E-state index contributed by atoms with van der Waals surface area (Å²) in [5, 5.41) is 13.7. The van der Waals surface area contributed by atoms with Crippen molar-refractivity contribution in [2.24, 2.45) is 5.73 Å². The number of H-pyrrole nitrogens is 1. The molecule has 0 saturated carbocycles. The van der Waals surface area contributed by atoms with Crippen LogP contribution in [0.25, 0.3) is 21.8 Å². The number of aromatic amines is 1. The molecule has 2 aliphatic heterocycles. The Morgan fingerprint density at radius 2 is 1.82 bits per heavy atom. The standard InChI is InChI=1S/C30H35N7O6S/c1-30(2,3)43-29(41)35-11-9-17(10-12-35)32-27(39)21-8-7-20(44-21)25-23-24(33-34-25)18-5-4-6-19(22(18)26(23)38)37(28(31)40)36-13-15-42-16-14-36/h4-8,17H,9-16H2,1-3H3,(H2,31,40)(H,32,39)(H,33,34). The SMILES string of the molecule is CC(C)(C)OC(=O)N1CCC(NC(=O)c2ccc(-c3[nH]nc4c3C(=O)c3c-4cccc3N(C(N)=O)N3CCOCC3)s2)CC1. The molecule has 2 aromatic heterocycles. The molecule has 1 aliphatic carbocycles. The van der Waals surface area contributed by atoms with Crippen LogP contribution in [0.4, 0.5) is 15.3 Å². The number of thiophene rings is 1. The van der Waals surface area contributed by atoms with Crippen LogP contribution in [0.15, 0.2) is 30.3 Å². The maximum absolute atomic E-state index is 13.9. The molecule has 13 nitrogen and oxygen atoms in total. The lowest BCUT2D eigenvalue weighted by molar-refractivity contribution is 0.0199. The van der Waals surface area contributed by atoms with Gasteiger partial charge in [0.2, 0.25) is 0 Å². The van der Waals surface area contributed by atoms with Crippen molar-refractivity contribution in [3.05, 3.63) is 46.3 Å². The van der Waals surface area contributed by atoms with Crippen molar-refractivity contribution in [3.8, 4) is 21.8 Å². The third kappa shape index (κ3) is 5.67. The van der Waals surface area contributed by atoms with Crippen molar-refractivity contribution >= 4 is 40.8 Å². The van der Waals surface area contributed by atoms with Crippen molar-refractivity contribution in [1.82, 2.24) is 25.4 Å². The number of nitrogens with zero attached hydrogens (tertiary/aromatic N) is 4. The van der Waals surface area contributed by atoms with E-state index in [1.165, 1.54) is 16.3 Å². The molecule has 0 unspecified atom stereocenters. The number of fused-ring (bicyclic) bond motifs is 3. The number of amides is 4. The van der Waals surface area contributed by atoms with Crippen LogP contribution in [0, 0.1) is 0 Å². The van der Waals surface area contributed by atoms with Gasteiger partial charge in [-0.2, -0.15) is 5.10 Å². The molecule has 1 aromatic carbocycles. The first kappa shape index (κ1) is 29.8. The smallest absolute Gasteiger partial charge is 0.410 e. The van der Waals surface area contributed by atoms with Crippen molar-refractivity contribution < 1.29 is 28.7 Å². The van der Waals surface area contributed by atoms with Gasteiger partial charge in [-0.25, -0.2) is 19.6 Å². The molecule has 0 bridgehead atoms. The maximum atomic E-state index is 13.9. The van der Waals surface area contributed by atoms with Gasteiger partial charge >= 0.3 is 12.1 Å². The number of benzene rings is 1. The number of hydrogen-bond donors (Lipinski definition) is 3.